The quantitative estimate of drug-likeness (QED) is 0.532. The van der Waals surface area contributed by atoms with Crippen LogP contribution in [0.2, 0.25) is 0 Å². The lowest BCUT2D eigenvalue weighted by Crippen LogP contribution is -2.22. The van der Waals surface area contributed by atoms with Crippen LogP contribution in [0.25, 0.3) is 0 Å². The number of nitrogens with zero attached hydrogens (tertiary/aromatic N) is 1. The molecule has 1 aromatic carbocycles. The second-order valence-electron chi connectivity index (χ2n) is 3.18. The minimum Gasteiger partial charge on any atom is -0.508 e. The van der Waals surface area contributed by atoms with Gasteiger partial charge in [0.15, 0.2) is 0 Å². The number of hydrogen-bond acceptors (Lipinski definition) is 2. The van der Waals surface area contributed by atoms with Crippen molar-refractivity contribution in [2.45, 2.75) is 6.42 Å². The topological polar surface area (TPSA) is 47.3 Å². The van der Waals surface area contributed by atoms with Gasteiger partial charge in [-0.15, -0.1) is 0 Å². The highest BCUT2D eigenvalue weighted by Gasteiger charge is 2.00. The van der Waals surface area contributed by atoms with Crippen molar-refractivity contribution in [3.8, 4) is 5.75 Å². The van der Waals surface area contributed by atoms with Gasteiger partial charge in [-0.05, 0) is 17.7 Å². The maximum Gasteiger partial charge on any atom is 0.115 e. The maximum atomic E-state index is 9.04. The average molecular weight is 178 g/mol. The molecule has 3 heteroatoms. The van der Waals surface area contributed by atoms with Crippen molar-refractivity contribution in [2.24, 2.45) is 0 Å². The van der Waals surface area contributed by atoms with Crippen LogP contribution in [0.3, 0.4) is 0 Å². The smallest absolute Gasteiger partial charge is 0.115 e. The van der Waals surface area contributed by atoms with E-state index in [1.807, 2.05) is 26.2 Å². The molecule has 1 aromatic rings. The van der Waals surface area contributed by atoms with Crippen molar-refractivity contribution in [1.82, 2.24) is 4.90 Å². The summed E-state index contributed by atoms with van der Waals surface area (Å²) in [6, 6.07) is 6.93. The van der Waals surface area contributed by atoms with Crippen LogP contribution in [-0.4, -0.2) is 29.9 Å². The molecule has 13 heavy (non-hydrogen) atoms. The fourth-order valence-corrected chi connectivity index (χ4v) is 0.965. The van der Waals surface area contributed by atoms with Gasteiger partial charge in [0.05, 0.1) is 5.84 Å². The number of phenolic OH excluding ortho intramolecular Hbond substituents is 1. The summed E-state index contributed by atoms with van der Waals surface area (Å²) >= 11 is 0. The van der Waals surface area contributed by atoms with Crippen LogP contribution >= 0.6 is 0 Å². The van der Waals surface area contributed by atoms with Crippen LogP contribution in [0.1, 0.15) is 5.56 Å². The summed E-state index contributed by atoms with van der Waals surface area (Å²) in [5, 5.41) is 16.6. The SMILES string of the molecule is CN(C)C(=N)Cc1ccc(O)cc1. The molecule has 0 aliphatic rings. The van der Waals surface area contributed by atoms with E-state index in [2.05, 4.69) is 0 Å². The lowest BCUT2D eigenvalue weighted by molar-refractivity contribution is 0.475. The number of rotatable bonds is 2. The van der Waals surface area contributed by atoms with Crippen molar-refractivity contribution in [3.63, 3.8) is 0 Å². The van der Waals surface area contributed by atoms with E-state index < -0.39 is 0 Å². The fraction of sp³-hybridized carbons (Fsp3) is 0.300. The first-order valence-electron chi connectivity index (χ1n) is 4.12. The van der Waals surface area contributed by atoms with Gasteiger partial charge in [-0.3, -0.25) is 5.41 Å². The Hall–Kier alpha value is -1.51. The average Bonchev–Trinajstić information content (AvgIpc) is 2.08. The fourth-order valence-electron chi connectivity index (χ4n) is 0.965. The summed E-state index contributed by atoms with van der Waals surface area (Å²) in [5.74, 6) is 0.825. The second-order valence-corrected chi connectivity index (χ2v) is 3.18. The Bertz CT molecular complexity index is 290. The highest BCUT2D eigenvalue weighted by molar-refractivity contribution is 5.80. The van der Waals surface area contributed by atoms with Gasteiger partial charge >= 0.3 is 0 Å². The Morgan fingerprint density at radius 1 is 1.31 bits per heavy atom. The third-order valence-electron chi connectivity index (χ3n) is 1.85. The van der Waals surface area contributed by atoms with Crippen LogP contribution in [0.5, 0.6) is 5.75 Å². The van der Waals surface area contributed by atoms with Gasteiger partial charge in [0, 0.05) is 20.5 Å². The standard InChI is InChI=1S/C10H14N2O/c1-12(2)10(11)7-8-3-5-9(13)6-4-8/h3-6,11,13H,7H2,1-2H3. The van der Waals surface area contributed by atoms with Gasteiger partial charge in [-0.1, -0.05) is 12.1 Å². The zero-order valence-corrected chi connectivity index (χ0v) is 7.91. The van der Waals surface area contributed by atoms with Gasteiger partial charge in [0.25, 0.3) is 0 Å². The van der Waals surface area contributed by atoms with Crippen molar-refractivity contribution >= 4 is 5.84 Å². The molecule has 3 nitrogen and oxygen atoms in total. The molecule has 0 aromatic heterocycles. The van der Waals surface area contributed by atoms with Gasteiger partial charge < -0.3 is 10.0 Å². The first-order valence-corrected chi connectivity index (χ1v) is 4.12. The summed E-state index contributed by atoms with van der Waals surface area (Å²) in [6.07, 6.45) is 0.604. The molecule has 0 saturated carbocycles. The lowest BCUT2D eigenvalue weighted by atomic mass is 10.1. The molecule has 0 bridgehead atoms. The van der Waals surface area contributed by atoms with E-state index in [1.165, 1.54) is 0 Å². The van der Waals surface area contributed by atoms with E-state index in [0.29, 0.717) is 12.3 Å². The number of likely N-dealkylation sites (N-methyl/N-ethyl adjacent to an activating group) is 1. The highest BCUT2D eigenvalue weighted by Crippen LogP contribution is 2.10. The molecule has 0 radical (unpaired) electrons. The Labute approximate surface area is 78.1 Å². The molecule has 0 aliphatic carbocycles. The largest absolute Gasteiger partial charge is 0.508 e. The number of hydrogen-bond donors (Lipinski definition) is 2. The van der Waals surface area contributed by atoms with Crippen molar-refractivity contribution in [1.29, 1.82) is 5.41 Å². The first-order chi connectivity index (χ1) is 6.09. The van der Waals surface area contributed by atoms with E-state index in [1.54, 1.807) is 17.0 Å². The molecule has 0 unspecified atom stereocenters. The van der Waals surface area contributed by atoms with E-state index in [9.17, 15) is 0 Å². The monoisotopic (exact) mass is 178 g/mol. The summed E-state index contributed by atoms with van der Waals surface area (Å²) < 4.78 is 0. The zero-order chi connectivity index (χ0) is 9.84. The summed E-state index contributed by atoms with van der Waals surface area (Å²) in [5.41, 5.74) is 1.04. The molecule has 0 fully saturated rings. The Morgan fingerprint density at radius 3 is 2.31 bits per heavy atom. The first kappa shape index (κ1) is 9.58. The molecule has 0 atom stereocenters. The molecule has 70 valence electrons. The number of amidine groups is 1. The third-order valence-corrected chi connectivity index (χ3v) is 1.85. The predicted molar refractivity (Wildman–Crippen MR) is 53.2 cm³/mol. The Kier molecular flexibility index (Phi) is 2.90. The van der Waals surface area contributed by atoms with Crippen LogP contribution < -0.4 is 0 Å². The van der Waals surface area contributed by atoms with E-state index in [-0.39, 0.29) is 5.75 Å². The van der Waals surface area contributed by atoms with E-state index in [0.717, 1.165) is 5.56 Å². The molecular formula is C10H14N2O. The van der Waals surface area contributed by atoms with E-state index >= 15 is 0 Å². The molecule has 2 N–H and O–H groups in total. The van der Waals surface area contributed by atoms with Gasteiger partial charge in [-0.25, -0.2) is 0 Å². The summed E-state index contributed by atoms with van der Waals surface area (Å²) in [4.78, 5) is 1.77. The number of phenols is 1. The van der Waals surface area contributed by atoms with Crippen molar-refractivity contribution < 1.29 is 5.11 Å². The minimum absolute atomic E-state index is 0.264. The zero-order valence-electron chi connectivity index (χ0n) is 7.91. The molecule has 1 rings (SSSR count). The third kappa shape index (κ3) is 2.78. The molecule has 0 saturated heterocycles. The number of nitrogens with one attached hydrogen (secondary N) is 1. The number of aromatic hydroxyl groups is 1. The van der Waals surface area contributed by atoms with Crippen molar-refractivity contribution in [3.05, 3.63) is 29.8 Å². The lowest BCUT2D eigenvalue weighted by Gasteiger charge is -2.13. The molecule has 0 aliphatic heterocycles. The predicted octanol–water partition coefficient (Wildman–Crippen LogP) is 1.47. The van der Waals surface area contributed by atoms with Crippen LogP contribution in [0.15, 0.2) is 24.3 Å². The summed E-state index contributed by atoms with van der Waals surface area (Å²) in [7, 11) is 3.70. The Balaban J connectivity index is 2.65. The second kappa shape index (κ2) is 3.94. The van der Waals surface area contributed by atoms with Crippen LogP contribution in [0, 0.1) is 5.41 Å². The highest BCUT2D eigenvalue weighted by atomic mass is 16.3. The normalized spacial score (nSPS) is 9.69. The number of benzene rings is 1. The maximum absolute atomic E-state index is 9.04. The van der Waals surface area contributed by atoms with Crippen LogP contribution in [0.4, 0.5) is 0 Å². The van der Waals surface area contributed by atoms with Crippen LogP contribution in [-0.2, 0) is 6.42 Å². The van der Waals surface area contributed by atoms with Gasteiger partial charge in [-0.2, -0.15) is 0 Å². The van der Waals surface area contributed by atoms with Gasteiger partial charge in [0.1, 0.15) is 5.75 Å². The van der Waals surface area contributed by atoms with Crippen molar-refractivity contribution in [2.75, 3.05) is 14.1 Å². The Morgan fingerprint density at radius 2 is 1.85 bits per heavy atom. The summed E-state index contributed by atoms with van der Waals surface area (Å²) in [6.45, 7) is 0. The van der Waals surface area contributed by atoms with Gasteiger partial charge in [0.2, 0.25) is 0 Å². The molecule has 0 heterocycles. The molecule has 0 spiro atoms. The van der Waals surface area contributed by atoms with E-state index in [4.69, 9.17) is 10.5 Å². The minimum atomic E-state index is 0.264. The molecule has 0 amide bonds. The molecular weight excluding hydrogens is 164 g/mol.